The number of rotatable bonds is 1. The normalized spacial score (nSPS) is 8.94. The van der Waals surface area contributed by atoms with Crippen LogP contribution in [0.3, 0.4) is 0 Å². The molecule has 0 amide bonds. The summed E-state index contributed by atoms with van der Waals surface area (Å²) < 4.78 is 8.57. The maximum absolute atomic E-state index is 8.57. The summed E-state index contributed by atoms with van der Waals surface area (Å²) in [5.74, 6) is 0.125. The highest BCUT2D eigenvalue weighted by Gasteiger charge is 1.93. The van der Waals surface area contributed by atoms with Crippen molar-refractivity contribution in [3.05, 3.63) is 0 Å². The van der Waals surface area contributed by atoms with Gasteiger partial charge < -0.3 is 22.1 Å². The Morgan fingerprint density at radius 2 is 1.19 bits per heavy atom. The molecule has 0 radical (unpaired) electrons. The van der Waals surface area contributed by atoms with Crippen LogP contribution >= 0.6 is 8.69 Å². The Balaban J connectivity index is 0. The van der Waals surface area contributed by atoms with E-state index in [2.05, 4.69) is 28.8 Å². The number of nitrogens with two attached hydrogens (primary N) is 3. The summed E-state index contributed by atoms with van der Waals surface area (Å²) in [5, 5.41) is 0. The quantitative estimate of drug-likeness (QED) is 0.510. The molecule has 16 heavy (non-hydrogen) atoms. The van der Waals surface area contributed by atoms with Crippen LogP contribution in [0.5, 0.6) is 0 Å². The maximum Gasteiger partial charge on any atom is 0.226 e. The molecule has 0 aliphatic heterocycles. The summed E-state index contributed by atoms with van der Waals surface area (Å²) in [7, 11) is -1.50. The molecular weight excluding hydrogens is 231 g/mol. The first-order chi connectivity index (χ1) is 7.51. The van der Waals surface area contributed by atoms with Crippen molar-refractivity contribution in [1.29, 1.82) is 0 Å². The van der Waals surface area contributed by atoms with Crippen LogP contribution < -0.4 is 17.2 Å². The van der Waals surface area contributed by atoms with Gasteiger partial charge in [0.25, 0.3) is 0 Å². The molecule has 1 heterocycles. The van der Waals surface area contributed by atoms with Crippen LogP contribution in [-0.4, -0.2) is 19.8 Å². The van der Waals surface area contributed by atoms with E-state index in [-0.39, 0.29) is 17.8 Å². The maximum atomic E-state index is 8.57. The highest BCUT2D eigenvalue weighted by Crippen LogP contribution is 1.97. The van der Waals surface area contributed by atoms with Gasteiger partial charge in [-0.1, -0.05) is 26.7 Å². The SMILES string of the molecule is CCCC.Nc1nc(N)nc(N)n1.O=[PH2]O. The zero-order valence-corrected chi connectivity index (χ0v) is 10.6. The number of hydrogen-bond donors (Lipinski definition) is 4. The highest BCUT2D eigenvalue weighted by molar-refractivity contribution is 7.16. The van der Waals surface area contributed by atoms with Crippen molar-refractivity contribution in [3.63, 3.8) is 0 Å². The number of nitrogens with zero attached hydrogens (tertiary/aromatic N) is 3. The Morgan fingerprint density at radius 3 is 1.31 bits per heavy atom. The summed E-state index contributed by atoms with van der Waals surface area (Å²) in [5.41, 5.74) is 15.4. The van der Waals surface area contributed by atoms with Gasteiger partial charge in [-0.05, 0) is 0 Å². The van der Waals surface area contributed by atoms with Gasteiger partial charge in [-0.15, -0.1) is 0 Å². The van der Waals surface area contributed by atoms with Crippen LogP contribution in [0.15, 0.2) is 0 Å². The Morgan fingerprint density at radius 1 is 1.00 bits per heavy atom. The van der Waals surface area contributed by atoms with Crippen LogP contribution in [0.4, 0.5) is 17.8 Å². The molecule has 0 bridgehead atoms. The molecular formula is C7H19N6O2P. The molecule has 0 saturated heterocycles. The summed E-state index contributed by atoms with van der Waals surface area (Å²) in [4.78, 5) is 17.6. The van der Waals surface area contributed by atoms with Crippen LogP contribution in [0.2, 0.25) is 0 Å². The van der Waals surface area contributed by atoms with Crippen molar-refractivity contribution >= 4 is 26.5 Å². The van der Waals surface area contributed by atoms with Crippen molar-refractivity contribution in [2.24, 2.45) is 0 Å². The number of anilines is 3. The van der Waals surface area contributed by atoms with E-state index in [1.165, 1.54) is 12.8 Å². The summed E-state index contributed by atoms with van der Waals surface area (Å²) >= 11 is 0. The molecule has 8 nitrogen and oxygen atoms in total. The van der Waals surface area contributed by atoms with Crippen LogP contribution in [0, 0.1) is 0 Å². The van der Waals surface area contributed by atoms with Gasteiger partial charge in [0.05, 0.1) is 0 Å². The second-order valence-electron chi connectivity index (χ2n) is 2.52. The van der Waals surface area contributed by atoms with E-state index in [1.807, 2.05) is 0 Å². The van der Waals surface area contributed by atoms with Gasteiger partial charge in [-0.2, -0.15) is 15.0 Å². The largest absolute Gasteiger partial charge is 0.368 e. The lowest BCUT2D eigenvalue weighted by Gasteiger charge is -1.93. The Bertz CT molecular complexity index is 246. The molecule has 0 aliphatic carbocycles. The van der Waals surface area contributed by atoms with Gasteiger partial charge in [-0.25, -0.2) is 0 Å². The molecule has 0 spiro atoms. The molecule has 0 saturated carbocycles. The fraction of sp³-hybridized carbons (Fsp3) is 0.571. The first-order valence-electron chi connectivity index (χ1n) is 4.62. The van der Waals surface area contributed by atoms with Crippen LogP contribution in [-0.2, 0) is 4.57 Å². The zero-order chi connectivity index (χ0) is 13.0. The van der Waals surface area contributed by atoms with Crippen molar-refractivity contribution in [3.8, 4) is 0 Å². The number of hydrogen-bond acceptors (Lipinski definition) is 7. The fourth-order valence-corrected chi connectivity index (χ4v) is 0.427. The van der Waals surface area contributed by atoms with Gasteiger partial charge in [0, 0.05) is 0 Å². The molecule has 1 rings (SSSR count). The standard InChI is InChI=1S/C4H10.C3H6N6.H3O2P/c1-3-4-2;4-1-7-2(5)9-3(6)8-1;1-3-2/h3-4H2,1-2H3;(H6,4,5,6,7,8,9);3H2,(H,1,2). The van der Waals surface area contributed by atoms with E-state index in [0.717, 1.165) is 0 Å². The molecule has 1 aromatic heterocycles. The molecule has 0 aromatic carbocycles. The lowest BCUT2D eigenvalue weighted by atomic mass is 10.4. The van der Waals surface area contributed by atoms with Crippen LogP contribution in [0.25, 0.3) is 0 Å². The predicted molar refractivity (Wildman–Crippen MR) is 66.3 cm³/mol. The average molecular weight is 250 g/mol. The van der Waals surface area contributed by atoms with E-state index in [9.17, 15) is 0 Å². The molecule has 0 aliphatic rings. The third-order valence-electron chi connectivity index (χ3n) is 1.19. The minimum absolute atomic E-state index is 0.0417. The number of unbranched alkanes of at least 4 members (excludes halogenated alkanes) is 1. The number of nitrogen functional groups attached to an aromatic ring is 3. The van der Waals surface area contributed by atoms with Gasteiger partial charge in [0.1, 0.15) is 0 Å². The Kier molecular flexibility index (Phi) is 12.4. The smallest absolute Gasteiger partial charge is 0.226 e. The first kappa shape index (κ1) is 17.0. The van der Waals surface area contributed by atoms with Crippen molar-refractivity contribution in [1.82, 2.24) is 15.0 Å². The molecule has 94 valence electrons. The molecule has 1 atom stereocenters. The zero-order valence-electron chi connectivity index (χ0n) is 9.42. The van der Waals surface area contributed by atoms with E-state index in [1.54, 1.807) is 0 Å². The van der Waals surface area contributed by atoms with Crippen molar-refractivity contribution in [2.45, 2.75) is 26.7 Å². The van der Waals surface area contributed by atoms with Crippen LogP contribution in [0.1, 0.15) is 26.7 Å². The summed E-state index contributed by atoms with van der Waals surface area (Å²) in [6.45, 7) is 4.36. The molecule has 1 aromatic rings. The molecule has 9 heteroatoms. The summed E-state index contributed by atoms with van der Waals surface area (Å²) in [6, 6.07) is 0. The second-order valence-corrected chi connectivity index (χ2v) is 2.73. The fourth-order valence-electron chi connectivity index (χ4n) is 0.427. The first-order valence-corrected chi connectivity index (χ1v) is 5.60. The predicted octanol–water partition coefficient (Wildman–Crippen LogP) is 0.0746. The third-order valence-corrected chi connectivity index (χ3v) is 1.19. The minimum Gasteiger partial charge on any atom is -0.368 e. The van der Waals surface area contributed by atoms with Crippen molar-refractivity contribution < 1.29 is 9.46 Å². The average Bonchev–Trinajstić information content (AvgIpc) is 2.17. The van der Waals surface area contributed by atoms with Gasteiger partial charge >= 0.3 is 0 Å². The lowest BCUT2D eigenvalue weighted by Crippen LogP contribution is -2.05. The molecule has 7 N–H and O–H groups in total. The molecule has 1 unspecified atom stereocenters. The minimum atomic E-state index is -1.50. The van der Waals surface area contributed by atoms with E-state index in [0.29, 0.717) is 0 Å². The van der Waals surface area contributed by atoms with Gasteiger partial charge in [-0.3, -0.25) is 4.57 Å². The Hall–Kier alpha value is -1.40. The highest BCUT2D eigenvalue weighted by atomic mass is 31.1. The lowest BCUT2D eigenvalue weighted by molar-refractivity contribution is 0.524. The van der Waals surface area contributed by atoms with E-state index >= 15 is 0 Å². The van der Waals surface area contributed by atoms with E-state index in [4.69, 9.17) is 26.7 Å². The number of aromatic nitrogens is 3. The molecule has 0 fully saturated rings. The Labute approximate surface area is 95.6 Å². The van der Waals surface area contributed by atoms with Gasteiger partial charge in [0.2, 0.25) is 17.8 Å². The second kappa shape index (κ2) is 11.7. The monoisotopic (exact) mass is 250 g/mol. The summed E-state index contributed by atoms with van der Waals surface area (Å²) in [6.07, 6.45) is 2.64. The third kappa shape index (κ3) is 12.6. The van der Waals surface area contributed by atoms with Gasteiger partial charge in [0.15, 0.2) is 8.69 Å². The van der Waals surface area contributed by atoms with Crippen molar-refractivity contribution in [2.75, 3.05) is 17.2 Å². The topological polar surface area (TPSA) is 154 Å². The van der Waals surface area contributed by atoms with E-state index < -0.39 is 8.69 Å².